The Morgan fingerprint density at radius 1 is 1.30 bits per heavy atom. The SMILES string of the molecule is Cc1nn(CCC(=O)Nc2nc3ccccc3n2C)c(C)c1Cl. The number of halogens is 1. The van der Waals surface area contributed by atoms with Crippen LogP contribution in [0.3, 0.4) is 0 Å². The Morgan fingerprint density at radius 3 is 2.70 bits per heavy atom. The number of aromatic nitrogens is 4. The average Bonchev–Trinajstić information content (AvgIpc) is 2.98. The van der Waals surface area contributed by atoms with Gasteiger partial charge in [0.05, 0.1) is 34.0 Å². The van der Waals surface area contributed by atoms with Crippen molar-refractivity contribution in [3.8, 4) is 0 Å². The van der Waals surface area contributed by atoms with Gasteiger partial charge in [0.2, 0.25) is 11.9 Å². The summed E-state index contributed by atoms with van der Waals surface area (Å²) in [6, 6.07) is 7.76. The molecule has 0 aliphatic rings. The number of nitrogens with one attached hydrogen (secondary N) is 1. The Kier molecular flexibility index (Phi) is 4.09. The van der Waals surface area contributed by atoms with Gasteiger partial charge in [0.25, 0.3) is 0 Å². The predicted octanol–water partition coefficient (Wildman–Crippen LogP) is 3.07. The van der Waals surface area contributed by atoms with E-state index in [4.69, 9.17) is 11.6 Å². The largest absolute Gasteiger partial charge is 0.313 e. The standard InChI is InChI=1S/C16H18ClN5O/c1-10-15(17)11(2)22(20-10)9-8-14(23)19-16-18-12-6-4-5-7-13(12)21(16)3/h4-7H,8-9H2,1-3H3,(H,18,19,23). The molecule has 1 N–H and O–H groups in total. The van der Waals surface area contributed by atoms with Crippen LogP contribution in [0.25, 0.3) is 11.0 Å². The number of carbonyl (C=O) groups is 1. The Hall–Kier alpha value is -2.34. The zero-order valence-electron chi connectivity index (χ0n) is 13.3. The van der Waals surface area contributed by atoms with Crippen LogP contribution >= 0.6 is 11.6 Å². The number of aryl methyl sites for hydroxylation is 3. The van der Waals surface area contributed by atoms with E-state index in [2.05, 4.69) is 15.4 Å². The van der Waals surface area contributed by atoms with Gasteiger partial charge in [0.15, 0.2) is 0 Å². The number of hydrogen-bond acceptors (Lipinski definition) is 3. The summed E-state index contributed by atoms with van der Waals surface area (Å²) in [5.74, 6) is 0.440. The molecule has 0 atom stereocenters. The van der Waals surface area contributed by atoms with Crippen LogP contribution in [-0.4, -0.2) is 25.2 Å². The molecule has 7 heteroatoms. The normalized spacial score (nSPS) is 11.1. The van der Waals surface area contributed by atoms with Crippen LogP contribution in [0.1, 0.15) is 17.8 Å². The molecule has 0 saturated heterocycles. The summed E-state index contributed by atoms with van der Waals surface area (Å²) in [6.07, 6.45) is 0.307. The quantitative estimate of drug-likeness (QED) is 0.799. The summed E-state index contributed by atoms with van der Waals surface area (Å²) in [6.45, 7) is 4.23. The molecule has 0 fully saturated rings. The van der Waals surface area contributed by atoms with Crippen molar-refractivity contribution in [3.63, 3.8) is 0 Å². The van der Waals surface area contributed by atoms with E-state index in [1.54, 1.807) is 4.68 Å². The van der Waals surface area contributed by atoms with Gasteiger partial charge in [-0.2, -0.15) is 5.10 Å². The summed E-state index contributed by atoms with van der Waals surface area (Å²) >= 11 is 6.11. The second-order valence-electron chi connectivity index (χ2n) is 5.49. The van der Waals surface area contributed by atoms with E-state index in [-0.39, 0.29) is 5.91 Å². The molecule has 120 valence electrons. The Morgan fingerprint density at radius 2 is 2.04 bits per heavy atom. The van der Waals surface area contributed by atoms with Crippen LogP contribution < -0.4 is 5.32 Å². The molecule has 1 aromatic carbocycles. The second kappa shape index (κ2) is 6.04. The fourth-order valence-electron chi connectivity index (χ4n) is 2.54. The van der Waals surface area contributed by atoms with E-state index in [1.807, 2.05) is 49.7 Å². The smallest absolute Gasteiger partial charge is 0.228 e. The molecule has 2 heterocycles. The lowest BCUT2D eigenvalue weighted by molar-refractivity contribution is -0.116. The molecule has 0 radical (unpaired) electrons. The summed E-state index contributed by atoms with van der Waals surface area (Å²) in [5.41, 5.74) is 3.49. The van der Waals surface area contributed by atoms with Gasteiger partial charge in [-0.05, 0) is 26.0 Å². The van der Waals surface area contributed by atoms with Crippen LogP contribution in [0.2, 0.25) is 5.02 Å². The number of hydrogen-bond donors (Lipinski definition) is 1. The van der Waals surface area contributed by atoms with Crippen molar-refractivity contribution in [2.75, 3.05) is 5.32 Å². The number of imidazole rings is 1. The van der Waals surface area contributed by atoms with Crippen LogP contribution in [0.4, 0.5) is 5.95 Å². The fraction of sp³-hybridized carbons (Fsp3) is 0.312. The lowest BCUT2D eigenvalue weighted by Gasteiger charge is -2.06. The van der Waals surface area contributed by atoms with Gasteiger partial charge in [-0.1, -0.05) is 23.7 Å². The molecular weight excluding hydrogens is 314 g/mol. The summed E-state index contributed by atoms with van der Waals surface area (Å²) in [4.78, 5) is 16.6. The minimum absolute atomic E-state index is 0.105. The number of amides is 1. The first-order chi connectivity index (χ1) is 11.0. The molecule has 2 aromatic heterocycles. The number of nitrogens with zero attached hydrogens (tertiary/aromatic N) is 4. The predicted molar refractivity (Wildman–Crippen MR) is 90.7 cm³/mol. The van der Waals surface area contributed by atoms with E-state index in [9.17, 15) is 4.79 Å². The van der Waals surface area contributed by atoms with Gasteiger partial charge in [-0.25, -0.2) is 4.98 Å². The highest BCUT2D eigenvalue weighted by molar-refractivity contribution is 6.31. The topological polar surface area (TPSA) is 64.7 Å². The molecule has 0 saturated carbocycles. The molecule has 0 aliphatic heterocycles. The van der Waals surface area contributed by atoms with Crippen molar-refractivity contribution in [2.45, 2.75) is 26.8 Å². The molecule has 3 aromatic rings. The summed E-state index contributed by atoms with van der Waals surface area (Å²) in [7, 11) is 1.88. The Balaban J connectivity index is 1.69. The first-order valence-corrected chi connectivity index (χ1v) is 7.76. The number of fused-ring (bicyclic) bond motifs is 1. The highest BCUT2D eigenvalue weighted by Gasteiger charge is 2.13. The number of para-hydroxylation sites is 2. The maximum atomic E-state index is 12.2. The second-order valence-corrected chi connectivity index (χ2v) is 5.87. The Bertz CT molecular complexity index is 880. The van der Waals surface area contributed by atoms with Gasteiger partial charge >= 0.3 is 0 Å². The highest BCUT2D eigenvalue weighted by atomic mass is 35.5. The zero-order valence-corrected chi connectivity index (χ0v) is 14.1. The zero-order chi connectivity index (χ0) is 16.6. The first kappa shape index (κ1) is 15.6. The molecule has 0 spiro atoms. The van der Waals surface area contributed by atoms with E-state index >= 15 is 0 Å². The molecule has 0 unspecified atom stereocenters. The van der Waals surface area contributed by atoms with E-state index in [1.165, 1.54) is 0 Å². The molecular formula is C16H18ClN5O. The van der Waals surface area contributed by atoms with Crippen LogP contribution in [0.5, 0.6) is 0 Å². The summed E-state index contributed by atoms with van der Waals surface area (Å²) < 4.78 is 3.62. The molecule has 3 rings (SSSR count). The fourth-order valence-corrected chi connectivity index (χ4v) is 2.68. The minimum atomic E-state index is -0.105. The van der Waals surface area contributed by atoms with Crippen molar-refractivity contribution < 1.29 is 4.79 Å². The molecule has 23 heavy (non-hydrogen) atoms. The van der Waals surface area contributed by atoms with Crippen molar-refractivity contribution in [1.82, 2.24) is 19.3 Å². The molecule has 6 nitrogen and oxygen atoms in total. The maximum Gasteiger partial charge on any atom is 0.228 e. The van der Waals surface area contributed by atoms with E-state index in [0.29, 0.717) is 23.9 Å². The third-order valence-electron chi connectivity index (χ3n) is 3.88. The van der Waals surface area contributed by atoms with Gasteiger partial charge in [-0.3, -0.25) is 14.8 Å². The van der Waals surface area contributed by atoms with Gasteiger partial charge in [-0.15, -0.1) is 0 Å². The number of carbonyl (C=O) groups excluding carboxylic acids is 1. The van der Waals surface area contributed by atoms with Gasteiger partial charge < -0.3 is 4.57 Å². The van der Waals surface area contributed by atoms with Gasteiger partial charge in [0, 0.05) is 13.5 Å². The van der Waals surface area contributed by atoms with E-state index in [0.717, 1.165) is 22.4 Å². The van der Waals surface area contributed by atoms with Crippen LogP contribution in [-0.2, 0) is 18.4 Å². The maximum absolute atomic E-state index is 12.2. The third-order valence-corrected chi connectivity index (χ3v) is 4.43. The molecule has 1 amide bonds. The lowest BCUT2D eigenvalue weighted by Crippen LogP contribution is -2.17. The van der Waals surface area contributed by atoms with E-state index < -0.39 is 0 Å². The average molecular weight is 332 g/mol. The van der Waals surface area contributed by atoms with Crippen molar-refractivity contribution in [3.05, 3.63) is 40.7 Å². The molecule has 0 aliphatic carbocycles. The van der Waals surface area contributed by atoms with Gasteiger partial charge in [0.1, 0.15) is 0 Å². The monoisotopic (exact) mass is 331 g/mol. The number of benzene rings is 1. The number of rotatable bonds is 4. The van der Waals surface area contributed by atoms with Crippen molar-refractivity contribution in [1.29, 1.82) is 0 Å². The Labute approximate surface area is 139 Å². The molecule has 0 bridgehead atoms. The van der Waals surface area contributed by atoms with Crippen molar-refractivity contribution >= 4 is 34.5 Å². The third kappa shape index (κ3) is 2.94. The van der Waals surface area contributed by atoms with Crippen molar-refractivity contribution in [2.24, 2.45) is 7.05 Å². The summed E-state index contributed by atoms with van der Waals surface area (Å²) in [5, 5.41) is 7.83. The van der Waals surface area contributed by atoms with Crippen LogP contribution in [0.15, 0.2) is 24.3 Å². The number of anilines is 1. The van der Waals surface area contributed by atoms with Crippen LogP contribution in [0, 0.1) is 13.8 Å². The first-order valence-electron chi connectivity index (χ1n) is 7.38. The minimum Gasteiger partial charge on any atom is -0.313 e. The lowest BCUT2D eigenvalue weighted by atomic mass is 10.3. The highest BCUT2D eigenvalue weighted by Crippen LogP contribution is 2.20.